The van der Waals surface area contributed by atoms with Crippen molar-refractivity contribution in [2.24, 2.45) is 0 Å². The minimum absolute atomic E-state index is 0.241. The van der Waals surface area contributed by atoms with E-state index in [4.69, 9.17) is 0 Å². The van der Waals surface area contributed by atoms with E-state index in [0.29, 0.717) is 23.6 Å². The number of fused-ring (bicyclic) bond motifs is 2. The molecule has 3 heterocycles. The van der Waals surface area contributed by atoms with Gasteiger partial charge in [-0.15, -0.1) is 0 Å². The molecular formula is C25H23N7O2. The third-order valence-corrected chi connectivity index (χ3v) is 5.63. The molecule has 9 nitrogen and oxygen atoms in total. The number of nitrogens with zero attached hydrogens (tertiary/aromatic N) is 4. The SMILES string of the molecule is O=C(NCCn1ncc2c(NCCc3ccccc3)ncnc21)C(=O)c1c[nH]c2ccccc12. The summed E-state index contributed by atoms with van der Waals surface area (Å²) < 4.78 is 1.69. The van der Waals surface area contributed by atoms with Crippen LogP contribution in [0.3, 0.4) is 0 Å². The number of Topliss-reactive ketones (excluding diaryl/α,β-unsaturated/α-hetero) is 1. The number of para-hydroxylation sites is 1. The molecule has 0 saturated heterocycles. The molecule has 3 aromatic heterocycles. The van der Waals surface area contributed by atoms with Crippen molar-refractivity contribution in [2.75, 3.05) is 18.4 Å². The Morgan fingerprint density at radius 3 is 2.65 bits per heavy atom. The summed E-state index contributed by atoms with van der Waals surface area (Å²) in [7, 11) is 0. The summed E-state index contributed by atoms with van der Waals surface area (Å²) >= 11 is 0. The molecule has 0 spiro atoms. The number of carbonyl (C=O) groups excluding carboxylic acids is 2. The molecule has 0 fully saturated rings. The summed E-state index contributed by atoms with van der Waals surface area (Å²) in [4.78, 5) is 36.7. The fourth-order valence-electron chi connectivity index (χ4n) is 3.90. The average molecular weight is 454 g/mol. The molecule has 0 saturated carbocycles. The van der Waals surface area contributed by atoms with Crippen molar-refractivity contribution in [3.63, 3.8) is 0 Å². The van der Waals surface area contributed by atoms with E-state index < -0.39 is 11.7 Å². The van der Waals surface area contributed by atoms with Gasteiger partial charge in [0.2, 0.25) is 0 Å². The van der Waals surface area contributed by atoms with Crippen LogP contribution in [0.25, 0.3) is 21.9 Å². The van der Waals surface area contributed by atoms with E-state index in [2.05, 4.69) is 42.8 Å². The van der Waals surface area contributed by atoms with Gasteiger partial charge in [-0.1, -0.05) is 48.5 Å². The van der Waals surface area contributed by atoms with Crippen molar-refractivity contribution in [1.29, 1.82) is 0 Å². The summed E-state index contributed by atoms with van der Waals surface area (Å²) in [5.41, 5.74) is 3.08. The molecule has 5 rings (SSSR count). The highest BCUT2D eigenvalue weighted by Crippen LogP contribution is 2.19. The molecule has 0 aliphatic heterocycles. The number of benzene rings is 2. The Bertz CT molecular complexity index is 1460. The van der Waals surface area contributed by atoms with Crippen molar-refractivity contribution in [2.45, 2.75) is 13.0 Å². The predicted molar refractivity (Wildman–Crippen MR) is 130 cm³/mol. The number of ketones is 1. The second kappa shape index (κ2) is 9.53. The number of amides is 1. The minimum atomic E-state index is -0.654. The zero-order chi connectivity index (χ0) is 23.3. The Kier molecular flexibility index (Phi) is 5.98. The standard InChI is InChI=1S/C25H23N7O2/c33-22(19-14-28-21-9-5-4-8-18(19)21)25(34)27-12-13-32-24-20(15-31-32)23(29-16-30-24)26-11-10-17-6-2-1-3-7-17/h1-9,14-16,28H,10-13H2,(H,27,34)(H,26,29,30). The Morgan fingerprint density at radius 2 is 1.76 bits per heavy atom. The summed E-state index contributed by atoms with van der Waals surface area (Å²) in [5.74, 6) is -0.514. The summed E-state index contributed by atoms with van der Waals surface area (Å²) in [6, 6.07) is 17.6. The maximum Gasteiger partial charge on any atom is 0.292 e. The maximum absolute atomic E-state index is 12.6. The summed E-state index contributed by atoms with van der Waals surface area (Å²) in [5, 5.41) is 11.9. The smallest absolute Gasteiger partial charge is 0.292 e. The van der Waals surface area contributed by atoms with Gasteiger partial charge >= 0.3 is 0 Å². The molecular weight excluding hydrogens is 430 g/mol. The summed E-state index contributed by atoms with van der Waals surface area (Å²) in [6.07, 6.45) is 5.64. The molecule has 0 bridgehead atoms. The lowest BCUT2D eigenvalue weighted by atomic mass is 10.1. The molecule has 0 unspecified atom stereocenters. The van der Waals surface area contributed by atoms with Crippen LogP contribution in [0, 0.1) is 0 Å². The molecule has 0 radical (unpaired) electrons. The second-order valence-corrected chi connectivity index (χ2v) is 7.82. The fraction of sp³-hybridized carbons (Fsp3) is 0.160. The molecule has 9 heteroatoms. The Balaban J connectivity index is 1.19. The quantitative estimate of drug-likeness (QED) is 0.233. The number of hydrogen-bond donors (Lipinski definition) is 3. The Morgan fingerprint density at radius 1 is 0.941 bits per heavy atom. The fourth-order valence-corrected chi connectivity index (χ4v) is 3.90. The molecule has 170 valence electrons. The Labute approximate surface area is 195 Å². The van der Waals surface area contributed by atoms with E-state index in [-0.39, 0.29) is 6.54 Å². The van der Waals surface area contributed by atoms with E-state index in [1.54, 1.807) is 17.1 Å². The monoisotopic (exact) mass is 453 g/mol. The average Bonchev–Trinajstić information content (AvgIpc) is 3.49. The first-order chi connectivity index (χ1) is 16.7. The first-order valence-electron chi connectivity index (χ1n) is 11.0. The van der Waals surface area contributed by atoms with Gasteiger partial charge in [0.25, 0.3) is 11.7 Å². The van der Waals surface area contributed by atoms with Gasteiger partial charge in [-0.05, 0) is 18.1 Å². The number of rotatable bonds is 9. The highest BCUT2D eigenvalue weighted by molar-refractivity contribution is 6.44. The second-order valence-electron chi connectivity index (χ2n) is 7.82. The molecule has 3 N–H and O–H groups in total. The lowest BCUT2D eigenvalue weighted by Gasteiger charge is -2.08. The van der Waals surface area contributed by atoms with Crippen LogP contribution in [0.5, 0.6) is 0 Å². The lowest BCUT2D eigenvalue weighted by molar-refractivity contribution is -0.117. The van der Waals surface area contributed by atoms with Crippen molar-refractivity contribution >= 4 is 39.4 Å². The van der Waals surface area contributed by atoms with Gasteiger partial charge in [0.15, 0.2) is 5.65 Å². The molecule has 5 aromatic rings. The molecule has 2 aromatic carbocycles. The largest absolute Gasteiger partial charge is 0.369 e. The highest BCUT2D eigenvalue weighted by Gasteiger charge is 2.19. The van der Waals surface area contributed by atoms with E-state index in [1.807, 2.05) is 42.5 Å². The normalized spacial score (nSPS) is 11.1. The highest BCUT2D eigenvalue weighted by atomic mass is 16.2. The van der Waals surface area contributed by atoms with Crippen LogP contribution in [0.1, 0.15) is 15.9 Å². The van der Waals surface area contributed by atoms with E-state index in [0.717, 1.165) is 29.3 Å². The van der Waals surface area contributed by atoms with Gasteiger partial charge in [-0.2, -0.15) is 5.10 Å². The zero-order valence-electron chi connectivity index (χ0n) is 18.4. The number of aromatic nitrogens is 5. The zero-order valence-corrected chi connectivity index (χ0v) is 18.4. The van der Waals surface area contributed by atoms with Crippen LogP contribution < -0.4 is 10.6 Å². The van der Waals surface area contributed by atoms with Crippen molar-refractivity contribution < 1.29 is 9.59 Å². The molecule has 34 heavy (non-hydrogen) atoms. The third-order valence-electron chi connectivity index (χ3n) is 5.63. The van der Waals surface area contributed by atoms with Crippen molar-refractivity contribution in [3.8, 4) is 0 Å². The van der Waals surface area contributed by atoms with Crippen LogP contribution in [-0.2, 0) is 17.8 Å². The van der Waals surface area contributed by atoms with E-state index >= 15 is 0 Å². The van der Waals surface area contributed by atoms with Gasteiger partial charge in [-0.3, -0.25) is 9.59 Å². The Hall–Kier alpha value is -4.53. The van der Waals surface area contributed by atoms with Crippen molar-refractivity contribution in [3.05, 3.63) is 84.4 Å². The predicted octanol–water partition coefficient (Wildman–Crippen LogP) is 2.96. The van der Waals surface area contributed by atoms with E-state index in [9.17, 15) is 9.59 Å². The van der Waals surface area contributed by atoms with Crippen LogP contribution in [0.4, 0.5) is 5.82 Å². The number of hydrogen-bond acceptors (Lipinski definition) is 6. The van der Waals surface area contributed by atoms with Crippen molar-refractivity contribution in [1.82, 2.24) is 30.0 Å². The van der Waals surface area contributed by atoms with Crippen LogP contribution in [0.15, 0.2) is 73.3 Å². The van der Waals surface area contributed by atoms with Gasteiger partial charge in [0, 0.05) is 30.2 Å². The number of anilines is 1. The van der Waals surface area contributed by atoms with Gasteiger partial charge in [0.1, 0.15) is 12.1 Å². The lowest BCUT2D eigenvalue weighted by Crippen LogP contribution is -2.33. The number of H-pyrrole nitrogens is 1. The molecule has 0 aliphatic carbocycles. The van der Waals surface area contributed by atoms with E-state index in [1.165, 1.54) is 11.9 Å². The van der Waals surface area contributed by atoms with Gasteiger partial charge in [0.05, 0.1) is 23.7 Å². The van der Waals surface area contributed by atoms with Crippen LogP contribution >= 0.6 is 0 Å². The molecule has 1 amide bonds. The topological polar surface area (TPSA) is 118 Å². The van der Waals surface area contributed by atoms with Gasteiger partial charge < -0.3 is 15.6 Å². The van der Waals surface area contributed by atoms with Gasteiger partial charge in [-0.25, -0.2) is 14.6 Å². The molecule has 0 aliphatic rings. The summed E-state index contributed by atoms with van der Waals surface area (Å²) in [6.45, 7) is 1.34. The first-order valence-corrected chi connectivity index (χ1v) is 11.0. The molecule has 0 atom stereocenters. The minimum Gasteiger partial charge on any atom is -0.369 e. The van der Waals surface area contributed by atoms with Crippen LogP contribution in [0.2, 0.25) is 0 Å². The first kappa shape index (κ1) is 21.3. The number of aromatic amines is 1. The number of nitrogens with one attached hydrogen (secondary N) is 3. The third kappa shape index (κ3) is 4.36. The number of carbonyl (C=O) groups is 2. The van der Waals surface area contributed by atoms with Crippen LogP contribution in [-0.4, -0.2) is 49.5 Å². The maximum atomic E-state index is 12.6.